The maximum Gasteiger partial charge on any atom is 0.227 e. The first-order valence-electron chi connectivity index (χ1n) is 8.19. The lowest BCUT2D eigenvalue weighted by atomic mass is 10.2. The lowest BCUT2D eigenvalue weighted by Gasteiger charge is -2.33. The lowest BCUT2D eigenvalue weighted by molar-refractivity contribution is 0.214. The van der Waals surface area contributed by atoms with Crippen LogP contribution in [0.4, 0.5) is 5.69 Å². The molecule has 0 saturated carbocycles. The number of aliphatic imine (C=N–C) groups is 2. The van der Waals surface area contributed by atoms with Crippen molar-refractivity contribution in [2.24, 2.45) is 15.7 Å². The molecular formula is C19H23N5. The zero-order valence-electron chi connectivity index (χ0n) is 14.0. The summed E-state index contributed by atoms with van der Waals surface area (Å²) in [6, 6.07) is 19.7. The van der Waals surface area contributed by atoms with Crippen molar-refractivity contribution in [1.82, 2.24) is 9.80 Å². The Bertz CT molecular complexity index is 701. The molecule has 0 aromatic heterocycles. The van der Waals surface area contributed by atoms with E-state index in [0.29, 0.717) is 11.8 Å². The highest BCUT2D eigenvalue weighted by Crippen LogP contribution is 2.13. The average molecular weight is 321 g/mol. The van der Waals surface area contributed by atoms with Crippen molar-refractivity contribution in [3.8, 4) is 0 Å². The van der Waals surface area contributed by atoms with Crippen molar-refractivity contribution in [2.75, 3.05) is 33.2 Å². The van der Waals surface area contributed by atoms with Crippen LogP contribution in [0, 0.1) is 0 Å². The molecular weight excluding hydrogens is 298 g/mol. The molecule has 3 rings (SSSR count). The van der Waals surface area contributed by atoms with Crippen LogP contribution in [0.2, 0.25) is 0 Å². The molecule has 0 spiro atoms. The number of nitrogens with two attached hydrogens (primary N) is 1. The van der Waals surface area contributed by atoms with Gasteiger partial charge in [0.25, 0.3) is 0 Å². The van der Waals surface area contributed by atoms with E-state index >= 15 is 0 Å². The van der Waals surface area contributed by atoms with Crippen molar-refractivity contribution in [2.45, 2.75) is 0 Å². The predicted octanol–water partition coefficient (Wildman–Crippen LogP) is 2.33. The number of rotatable bonds is 2. The zero-order chi connectivity index (χ0) is 16.8. The first-order chi connectivity index (χ1) is 11.7. The lowest BCUT2D eigenvalue weighted by Crippen LogP contribution is -2.47. The van der Waals surface area contributed by atoms with E-state index in [1.54, 1.807) is 0 Å². The van der Waals surface area contributed by atoms with Crippen LogP contribution in [0.5, 0.6) is 0 Å². The van der Waals surface area contributed by atoms with E-state index < -0.39 is 0 Å². The number of hydrogen-bond donors (Lipinski definition) is 1. The van der Waals surface area contributed by atoms with Gasteiger partial charge in [0.2, 0.25) is 5.96 Å². The molecule has 1 saturated heterocycles. The minimum Gasteiger partial charge on any atom is -0.383 e. The van der Waals surface area contributed by atoms with E-state index in [1.807, 2.05) is 60.7 Å². The summed E-state index contributed by atoms with van der Waals surface area (Å²) in [5.41, 5.74) is 8.01. The van der Waals surface area contributed by atoms with Crippen LogP contribution in [0.15, 0.2) is 70.6 Å². The first-order valence-corrected chi connectivity index (χ1v) is 8.19. The van der Waals surface area contributed by atoms with Gasteiger partial charge >= 0.3 is 0 Å². The first kappa shape index (κ1) is 16.2. The van der Waals surface area contributed by atoms with Gasteiger partial charge in [0.1, 0.15) is 5.84 Å². The largest absolute Gasteiger partial charge is 0.383 e. The quantitative estimate of drug-likeness (QED) is 0.682. The minimum atomic E-state index is 0.490. The van der Waals surface area contributed by atoms with Gasteiger partial charge in [-0.2, -0.15) is 4.99 Å². The molecule has 0 radical (unpaired) electrons. The van der Waals surface area contributed by atoms with Crippen molar-refractivity contribution in [3.63, 3.8) is 0 Å². The number of hydrogen-bond acceptors (Lipinski definition) is 2. The van der Waals surface area contributed by atoms with Crippen molar-refractivity contribution in [1.29, 1.82) is 0 Å². The Morgan fingerprint density at radius 3 is 2.08 bits per heavy atom. The van der Waals surface area contributed by atoms with Crippen molar-refractivity contribution >= 4 is 17.5 Å². The summed E-state index contributed by atoms with van der Waals surface area (Å²) >= 11 is 0. The molecule has 0 aliphatic carbocycles. The molecule has 0 unspecified atom stereocenters. The summed E-state index contributed by atoms with van der Waals surface area (Å²) in [7, 11) is 2.13. The minimum absolute atomic E-state index is 0.490. The van der Waals surface area contributed by atoms with Crippen LogP contribution in [-0.4, -0.2) is 54.8 Å². The van der Waals surface area contributed by atoms with Gasteiger partial charge in [-0.05, 0) is 19.2 Å². The van der Waals surface area contributed by atoms with E-state index in [0.717, 1.165) is 37.4 Å². The normalized spacial score (nSPS) is 17.1. The molecule has 5 nitrogen and oxygen atoms in total. The van der Waals surface area contributed by atoms with Gasteiger partial charge in [-0.1, -0.05) is 48.5 Å². The molecule has 1 aliphatic heterocycles. The number of amidine groups is 1. The summed E-state index contributed by atoms with van der Waals surface area (Å²) in [5.74, 6) is 1.17. The third kappa shape index (κ3) is 4.20. The summed E-state index contributed by atoms with van der Waals surface area (Å²) in [6.07, 6.45) is 0. The molecule has 0 atom stereocenters. The van der Waals surface area contributed by atoms with Gasteiger partial charge < -0.3 is 15.5 Å². The van der Waals surface area contributed by atoms with Crippen molar-refractivity contribution in [3.05, 3.63) is 66.2 Å². The fourth-order valence-corrected chi connectivity index (χ4v) is 2.57. The molecule has 1 heterocycles. The molecule has 24 heavy (non-hydrogen) atoms. The Labute approximate surface area is 143 Å². The van der Waals surface area contributed by atoms with Gasteiger partial charge in [0, 0.05) is 31.7 Å². The summed E-state index contributed by atoms with van der Waals surface area (Å²) in [5, 5.41) is 0. The maximum absolute atomic E-state index is 6.22. The number of guanidine groups is 1. The second kappa shape index (κ2) is 7.75. The molecule has 0 bridgehead atoms. The van der Waals surface area contributed by atoms with Gasteiger partial charge in [-0.25, -0.2) is 4.99 Å². The number of likely N-dealkylation sites (N-methyl/N-ethyl adjacent to an activating group) is 1. The Morgan fingerprint density at radius 2 is 1.46 bits per heavy atom. The third-order valence-electron chi connectivity index (χ3n) is 4.06. The average Bonchev–Trinajstić information content (AvgIpc) is 2.63. The molecule has 1 aliphatic rings. The zero-order valence-corrected chi connectivity index (χ0v) is 14.0. The summed E-state index contributed by atoms with van der Waals surface area (Å²) < 4.78 is 0. The standard InChI is InChI=1S/C19H23N5/c1-23-12-14-24(15-13-23)19(21-17-10-6-3-7-11-17)22-18(20)16-8-4-2-5-9-16/h2-11H,12-15H2,1H3,(H2,20,21,22). The molecule has 2 aromatic carbocycles. The Morgan fingerprint density at radius 1 is 0.875 bits per heavy atom. The highest BCUT2D eigenvalue weighted by Gasteiger charge is 2.18. The molecule has 2 aromatic rings. The number of benzene rings is 2. The van der Waals surface area contributed by atoms with Crippen LogP contribution in [0.1, 0.15) is 5.56 Å². The maximum atomic E-state index is 6.22. The molecule has 5 heteroatoms. The second-order valence-electron chi connectivity index (χ2n) is 5.90. The van der Waals surface area contributed by atoms with Crippen LogP contribution in [0.3, 0.4) is 0 Å². The SMILES string of the molecule is CN1CCN(C(N=C(N)c2ccccc2)=Nc2ccccc2)CC1. The van der Waals surface area contributed by atoms with Crippen molar-refractivity contribution < 1.29 is 0 Å². The van der Waals surface area contributed by atoms with E-state index in [-0.39, 0.29) is 0 Å². The monoisotopic (exact) mass is 321 g/mol. The molecule has 1 fully saturated rings. The number of nitrogens with zero attached hydrogens (tertiary/aromatic N) is 4. The van der Waals surface area contributed by atoms with E-state index in [9.17, 15) is 0 Å². The van der Waals surface area contributed by atoms with Gasteiger partial charge in [0.05, 0.1) is 5.69 Å². The Hall–Kier alpha value is -2.66. The Balaban J connectivity index is 1.91. The molecule has 124 valence electrons. The number of piperazine rings is 1. The van der Waals surface area contributed by atoms with Gasteiger partial charge in [-0.3, -0.25) is 0 Å². The van der Waals surface area contributed by atoms with Gasteiger partial charge in [-0.15, -0.1) is 0 Å². The fourth-order valence-electron chi connectivity index (χ4n) is 2.57. The van der Waals surface area contributed by atoms with Crippen LogP contribution >= 0.6 is 0 Å². The summed E-state index contributed by atoms with van der Waals surface area (Å²) in [4.78, 5) is 13.9. The van der Waals surface area contributed by atoms with Crippen LogP contribution < -0.4 is 5.73 Å². The predicted molar refractivity (Wildman–Crippen MR) is 99.8 cm³/mol. The van der Waals surface area contributed by atoms with E-state index in [1.165, 1.54) is 0 Å². The summed E-state index contributed by atoms with van der Waals surface area (Å²) in [6.45, 7) is 3.78. The molecule has 2 N–H and O–H groups in total. The Kier molecular flexibility index (Phi) is 5.23. The molecule has 0 amide bonds. The van der Waals surface area contributed by atoms with E-state index in [2.05, 4.69) is 21.8 Å². The topological polar surface area (TPSA) is 57.2 Å². The second-order valence-corrected chi connectivity index (χ2v) is 5.90. The van der Waals surface area contributed by atoms with Gasteiger partial charge in [0.15, 0.2) is 0 Å². The number of para-hydroxylation sites is 1. The van der Waals surface area contributed by atoms with E-state index in [4.69, 9.17) is 10.7 Å². The van der Waals surface area contributed by atoms with Crippen LogP contribution in [-0.2, 0) is 0 Å². The highest BCUT2D eigenvalue weighted by atomic mass is 15.3. The fraction of sp³-hybridized carbons (Fsp3) is 0.263. The third-order valence-corrected chi connectivity index (χ3v) is 4.06. The smallest absolute Gasteiger partial charge is 0.227 e. The highest BCUT2D eigenvalue weighted by molar-refractivity contribution is 6.05. The van der Waals surface area contributed by atoms with Crippen LogP contribution in [0.25, 0.3) is 0 Å².